The van der Waals surface area contributed by atoms with Crippen LogP contribution in [0.4, 0.5) is 5.82 Å². The first-order chi connectivity index (χ1) is 15.3. The summed E-state index contributed by atoms with van der Waals surface area (Å²) < 4.78 is 0. The Morgan fingerprint density at radius 2 is 2.13 bits per heavy atom. The molecular formula is C23H21N5OS2. The van der Waals surface area contributed by atoms with Gasteiger partial charge < -0.3 is 10.2 Å². The van der Waals surface area contributed by atoms with Crippen molar-refractivity contribution in [2.45, 2.75) is 32.2 Å². The SMILES string of the molecule is O=C(CNc1nc(-c2cccnc2)nc2sc3c(c12)CCC3)N1CCc2sccc2C1. The summed E-state index contributed by atoms with van der Waals surface area (Å²) in [6.45, 7) is 1.72. The van der Waals surface area contributed by atoms with Crippen LogP contribution in [0, 0.1) is 0 Å². The van der Waals surface area contributed by atoms with Crippen molar-refractivity contribution in [3.8, 4) is 11.4 Å². The minimum Gasteiger partial charge on any atom is -0.360 e. The van der Waals surface area contributed by atoms with Gasteiger partial charge in [0.25, 0.3) is 0 Å². The van der Waals surface area contributed by atoms with Gasteiger partial charge in [0.2, 0.25) is 5.91 Å². The first-order valence-electron chi connectivity index (χ1n) is 10.6. The van der Waals surface area contributed by atoms with Crippen LogP contribution in [0.15, 0.2) is 36.0 Å². The van der Waals surface area contributed by atoms with E-state index in [4.69, 9.17) is 9.97 Å². The molecule has 4 aromatic rings. The van der Waals surface area contributed by atoms with E-state index in [9.17, 15) is 4.79 Å². The van der Waals surface area contributed by atoms with Crippen LogP contribution in [0.25, 0.3) is 21.6 Å². The second kappa shape index (κ2) is 7.69. The van der Waals surface area contributed by atoms with Gasteiger partial charge in [-0.1, -0.05) is 0 Å². The molecule has 6 nitrogen and oxygen atoms in total. The van der Waals surface area contributed by atoms with Gasteiger partial charge in [0.15, 0.2) is 5.82 Å². The van der Waals surface area contributed by atoms with Crippen LogP contribution in [-0.2, 0) is 30.6 Å². The van der Waals surface area contributed by atoms with Crippen LogP contribution in [-0.4, -0.2) is 38.8 Å². The predicted molar refractivity (Wildman–Crippen MR) is 125 cm³/mol. The molecule has 1 N–H and O–H groups in total. The molecular weight excluding hydrogens is 426 g/mol. The molecule has 8 heteroatoms. The molecule has 0 saturated heterocycles. The van der Waals surface area contributed by atoms with Gasteiger partial charge in [-0.25, -0.2) is 9.97 Å². The summed E-state index contributed by atoms with van der Waals surface area (Å²) in [5.74, 6) is 1.53. The molecule has 0 unspecified atom stereocenters. The molecule has 2 aliphatic rings. The lowest BCUT2D eigenvalue weighted by Crippen LogP contribution is -2.38. The van der Waals surface area contributed by atoms with E-state index < -0.39 is 0 Å². The molecule has 0 spiro atoms. The lowest BCUT2D eigenvalue weighted by atomic mass is 10.1. The quantitative estimate of drug-likeness (QED) is 0.505. The lowest BCUT2D eigenvalue weighted by molar-refractivity contribution is -0.130. The Balaban J connectivity index is 1.31. The number of carbonyl (C=O) groups excluding carboxylic acids is 1. The number of nitrogens with one attached hydrogen (secondary N) is 1. The number of anilines is 1. The highest BCUT2D eigenvalue weighted by Gasteiger charge is 2.25. The zero-order chi connectivity index (χ0) is 20.8. The monoisotopic (exact) mass is 447 g/mol. The summed E-state index contributed by atoms with van der Waals surface area (Å²) in [7, 11) is 0. The van der Waals surface area contributed by atoms with E-state index in [1.54, 1.807) is 35.1 Å². The van der Waals surface area contributed by atoms with Gasteiger partial charge in [-0.2, -0.15) is 0 Å². The second-order valence-electron chi connectivity index (χ2n) is 7.96. The molecule has 31 heavy (non-hydrogen) atoms. The van der Waals surface area contributed by atoms with Crippen LogP contribution < -0.4 is 5.32 Å². The molecule has 4 aromatic heterocycles. The number of aromatic nitrogens is 3. The largest absolute Gasteiger partial charge is 0.360 e. The minimum atomic E-state index is 0.110. The fourth-order valence-electron chi connectivity index (χ4n) is 4.48. The fourth-order valence-corrected chi connectivity index (χ4v) is 6.63. The maximum Gasteiger partial charge on any atom is 0.242 e. The summed E-state index contributed by atoms with van der Waals surface area (Å²) >= 11 is 3.55. The van der Waals surface area contributed by atoms with Crippen molar-refractivity contribution in [2.75, 3.05) is 18.4 Å². The molecule has 5 heterocycles. The average molecular weight is 448 g/mol. The van der Waals surface area contributed by atoms with Crippen LogP contribution in [0.3, 0.4) is 0 Å². The number of nitrogens with zero attached hydrogens (tertiary/aromatic N) is 4. The third kappa shape index (κ3) is 3.40. The number of carbonyl (C=O) groups is 1. The summed E-state index contributed by atoms with van der Waals surface area (Å²) in [6.07, 6.45) is 7.81. The number of hydrogen-bond donors (Lipinski definition) is 1. The Morgan fingerprint density at radius 1 is 1.16 bits per heavy atom. The molecule has 1 aliphatic heterocycles. The number of aryl methyl sites for hydroxylation is 2. The number of rotatable bonds is 4. The van der Waals surface area contributed by atoms with Gasteiger partial charge in [0.1, 0.15) is 10.6 Å². The number of hydrogen-bond acceptors (Lipinski definition) is 7. The van der Waals surface area contributed by atoms with Crippen molar-refractivity contribution in [3.63, 3.8) is 0 Å². The highest BCUT2D eigenvalue weighted by molar-refractivity contribution is 7.19. The maximum absolute atomic E-state index is 13.0. The van der Waals surface area contributed by atoms with Crippen molar-refractivity contribution < 1.29 is 4.79 Å². The van der Waals surface area contributed by atoms with E-state index in [1.165, 1.54) is 27.3 Å². The first kappa shape index (κ1) is 18.9. The Labute approximate surface area is 188 Å². The Bertz CT molecular complexity index is 1280. The molecule has 0 radical (unpaired) electrons. The highest BCUT2D eigenvalue weighted by atomic mass is 32.1. The smallest absolute Gasteiger partial charge is 0.242 e. The van der Waals surface area contributed by atoms with Crippen molar-refractivity contribution in [3.05, 3.63) is 56.9 Å². The summed E-state index contributed by atoms with van der Waals surface area (Å²) in [5.41, 5.74) is 3.52. The van der Waals surface area contributed by atoms with Crippen LogP contribution in [0.5, 0.6) is 0 Å². The van der Waals surface area contributed by atoms with E-state index >= 15 is 0 Å². The Kier molecular flexibility index (Phi) is 4.69. The van der Waals surface area contributed by atoms with E-state index in [0.717, 1.165) is 47.4 Å². The first-order valence-corrected chi connectivity index (χ1v) is 12.3. The summed E-state index contributed by atoms with van der Waals surface area (Å²) in [6, 6.07) is 6.00. The van der Waals surface area contributed by atoms with Gasteiger partial charge in [-0.05, 0) is 60.4 Å². The normalized spacial score (nSPS) is 15.2. The van der Waals surface area contributed by atoms with Crippen molar-refractivity contribution >= 4 is 44.6 Å². The fraction of sp³-hybridized carbons (Fsp3) is 0.304. The molecule has 0 aromatic carbocycles. The zero-order valence-electron chi connectivity index (χ0n) is 16.9. The molecule has 0 bridgehead atoms. The topological polar surface area (TPSA) is 71.0 Å². The lowest BCUT2D eigenvalue weighted by Gasteiger charge is -2.27. The van der Waals surface area contributed by atoms with Crippen molar-refractivity contribution in [1.82, 2.24) is 19.9 Å². The van der Waals surface area contributed by atoms with Crippen LogP contribution in [0.1, 0.15) is 27.3 Å². The van der Waals surface area contributed by atoms with Gasteiger partial charge in [0.05, 0.1) is 11.9 Å². The van der Waals surface area contributed by atoms with Crippen LogP contribution in [0.2, 0.25) is 0 Å². The Hall–Kier alpha value is -2.84. The van der Waals surface area contributed by atoms with E-state index in [2.05, 4.69) is 21.7 Å². The van der Waals surface area contributed by atoms with Gasteiger partial charge >= 0.3 is 0 Å². The molecule has 0 atom stereocenters. The second-order valence-corrected chi connectivity index (χ2v) is 10.0. The summed E-state index contributed by atoms with van der Waals surface area (Å²) in [4.78, 5) is 32.6. The minimum absolute atomic E-state index is 0.110. The molecule has 156 valence electrons. The summed E-state index contributed by atoms with van der Waals surface area (Å²) in [5, 5.41) is 6.59. The number of fused-ring (bicyclic) bond motifs is 4. The predicted octanol–water partition coefficient (Wildman–Crippen LogP) is 4.30. The highest BCUT2D eigenvalue weighted by Crippen LogP contribution is 2.40. The number of amides is 1. The van der Waals surface area contributed by atoms with Gasteiger partial charge in [-0.3, -0.25) is 9.78 Å². The van der Waals surface area contributed by atoms with E-state index in [-0.39, 0.29) is 12.5 Å². The zero-order valence-corrected chi connectivity index (χ0v) is 18.6. The van der Waals surface area contributed by atoms with Crippen molar-refractivity contribution in [2.24, 2.45) is 0 Å². The van der Waals surface area contributed by atoms with Gasteiger partial charge in [0, 0.05) is 40.8 Å². The molecule has 0 saturated carbocycles. The third-order valence-corrected chi connectivity index (χ3v) is 8.26. The van der Waals surface area contributed by atoms with E-state index in [1.807, 2.05) is 17.0 Å². The molecule has 1 aliphatic carbocycles. The van der Waals surface area contributed by atoms with E-state index in [0.29, 0.717) is 12.4 Å². The van der Waals surface area contributed by atoms with Crippen molar-refractivity contribution in [1.29, 1.82) is 0 Å². The molecule has 0 fully saturated rings. The maximum atomic E-state index is 13.0. The number of thiophene rings is 2. The molecule has 1 amide bonds. The van der Waals surface area contributed by atoms with Gasteiger partial charge in [-0.15, -0.1) is 22.7 Å². The average Bonchev–Trinajstić information content (AvgIpc) is 3.52. The van der Waals surface area contributed by atoms with Crippen LogP contribution >= 0.6 is 22.7 Å². The molecule has 6 rings (SSSR count). The standard InChI is InChI=1S/C23H21N5OS2/c29-19(28-9-6-17-15(13-28)7-10-30-17)12-25-22-20-16-4-1-5-18(16)31-23(20)27-21(26-22)14-3-2-8-24-11-14/h2-3,7-8,10-11H,1,4-6,9,12-13H2,(H,25,26,27). The third-order valence-electron chi connectivity index (χ3n) is 6.05. The Morgan fingerprint density at radius 3 is 3.03 bits per heavy atom. The number of pyridine rings is 1.